The van der Waals surface area contributed by atoms with E-state index in [1.54, 1.807) is 12.1 Å². The number of rotatable bonds is 1. The molecule has 4 nitrogen and oxygen atoms in total. The first-order valence-electron chi connectivity index (χ1n) is 5.64. The lowest BCUT2D eigenvalue weighted by Crippen LogP contribution is -2.19. The molecule has 4 N–H and O–H groups in total. The van der Waals surface area contributed by atoms with Crippen molar-refractivity contribution in [2.75, 3.05) is 5.32 Å². The van der Waals surface area contributed by atoms with Crippen molar-refractivity contribution in [1.29, 1.82) is 0 Å². The minimum atomic E-state index is -0.647. The molecule has 90 valence electrons. The Kier molecular flexibility index (Phi) is 2.31. The van der Waals surface area contributed by atoms with Crippen molar-refractivity contribution in [3.05, 3.63) is 53.6 Å². The number of anilines is 1. The molecule has 0 saturated heterocycles. The van der Waals surface area contributed by atoms with Gasteiger partial charge < -0.3 is 16.2 Å². The van der Waals surface area contributed by atoms with E-state index in [1.807, 2.05) is 30.3 Å². The van der Waals surface area contributed by atoms with E-state index in [9.17, 15) is 9.90 Å². The molecule has 4 heteroatoms. The molecule has 0 bridgehead atoms. The highest BCUT2D eigenvalue weighted by molar-refractivity contribution is 5.89. The Morgan fingerprint density at radius 1 is 1.11 bits per heavy atom. The van der Waals surface area contributed by atoms with Crippen LogP contribution >= 0.6 is 0 Å². The predicted molar refractivity (Wildman–Crippen MR) is 69.1 cm³/mol. The van der Waals surface area contributed by atoms with Gasteiger partial charge in [0.1, 0.15) is 6.10 Å². The molecule has 1 aliphatic rings. The number of nitrogens with one attached hydrogen (secondary N) is 1. The van der Waals surface area contributed by atoms with E-state index in [2.05, 4.69) is 5.32 Å². The number of hydrogen-bond donors (Lipinski definition) is 3. The normalized spacial score (nSPS) is 15.9. The second-order valence-electron chi connectivity index (χ2n) is 4.28. The molecule has 0 aliphatic heterocycles. The van der Waals surface area contributed by atoms with Crippen LogP contribution in [-0.4, -0.2) is 11.1 Å². The van der Waals surface area contributed by atoms with Gasteiger partial charge in [-0.15, -0.1) is 0 Å². The van der Waals surface area contributed by atoms with Gasteiger partial charge in [-0.3, -0.25) is 0 Å². The summed E-state index contributed by atoms with van der Waals surface area (Å²) in [6, 6.07) is 12.5. The maximum atomic E-state index is 10.8. The van der Waals surface area contributed by atoms with Gasteiger partial charge in [0, 0.05) is 5.69 Å². The van der Waals surface area contributed by atoms with Gasteiger partial charge in [-0.25, -0.2) is 4.79 Å². The van der Waals surface area contributed by atoms with E-state index in [4.69, 9.17) is 5.73 Å². The van der Waals surface area contributed by atoms with Crippen molar-refractivity contribution in [2.45, 2.75) is 6.10 Å². The van der Waals surface area contributed by atoms with E-state index in [-0.39, 0.29) is 0 Å². The largest absolute Gasteiger partial charge is 0.384 e. The monoisotopic (exact) mass is 240 g/mol. The fourth-order valence-corrected chi connectivity index (χ4v) is 2.40. The van der Waals surface area contributed by atoms with Gasteiger partial charge in [0.2, 0.25) is 0 Å². The Morgan fingerprint density at radius 2 is 1.83 bits per heavy atom. The minimum absolute atomic E-state index is 0.591. The smallest absolute Gasteiger partial charge is 0.316 e. The topological polar surface area (TPSA) is 75.4 Å². The molecular formula is C14H12N2O2. The maximum absolute atomic E-state index is 10.8. The molecule has 0 spiro atoms. The van der Waals surface area contributed by atoms with Gasteiger partial charge in [0.15, 0.2) is 0 Å². The Morgan fingerprint density at radius 3 is 2.61 bits per heavy atom. The van der Waals surface area contributed by atoms with E-state index in [0.717, 1.165) is 22.3 Å². The highest BCUT2D eigenvalue weighted by atomic mass is 16.3. The summed E-state index contributed by atoms with van der Waals surface area (Å²) in [5.41, 5.74) is 9.38. The lowest BCUT2D eigenvalue weighted by Gasteiger charge is -2.08. The van der Waals surface area contributed by atoms with Gasteiger partial charge >= 0.3 is 6.03 Å². The summed E-state index contributed by atoms with van der Waals surface area (Å²) in [7, 11) is 0. The minimum Gasteiger partial charge on any atom is -0.384 e. The molecule has 0 fully saturated rings. The highest BCUT2D eigenvalue weighted by Crippen LogP contribution is 2.43. The van der Waals surface area contributed by atoms with Crippen LogP contribution in [0.3, 0.4) is 0 Å². The number of hydrogen-bond acceptors (Lipinski definition) is 2. The number of primary amides is 1. The molecular weight excluding hydrogens is 228 g/mol. The molecule has 18 heavy (non-hydrogen) atoms. The summed E-state index contributed by atoms with van der Waals surface area (Å²) in [6.07, 6.45) is -0.647. The standard InChI is InChI=1S/C14H12N2O2/c15-14(18)16-8-5-6-10-9-3-1-2-4-11(9)13(17)12(10)7-8/h1-7,13,17H,(H3,15,16,18)/t13-/m1/s1. The summed E-state index contributed by atoms with van der Waals surface area (Å²) in [4.78, 5) is 10.8. The fourth-order valence-electron chi connectivity index (χ4n) is 2.40. The lowest BCUT2D eigenvalue weighted by molar-refractivity contribution is 0.225. The molecule has 1 atom stereocenters. The summed E-state index contributed by atoms with van der Waals surface area (Å²) in [6.45, 7) is 0. The number of nitrogens with two attached hydrogens (primary N) is 1. The van der Waals surface area contributed by atoms with Gasteiger partial charge in [0.05, 0.1) is 0 Å². The van der Waals surface area contributed by atoms with Gasteiger partial charge in [0.25, 0.3) is 0 Å². The molecule has 1 aliphatic carbocycles. The van der Waals surface area contributed by atoms with Crippen LogP contribution in [0.2, 0.25) is 0 Å². The molecule has 3 rings (SSSR count). The van der Waals surface area contributed by atoms with Gasteiger partial charge in [-0.2, -0.15) is 0 Å². The van der Waals surface area contributed by atoms with Gasteiger partial charge in [-0.05, 0) is 34.4 Å². The summed E-state index contributed by atoms with van der Waals surface area (Å²) in [5.74, 6) is 0. The van der Waals surface area contributed by atoms with Crippen molar-refractivity contribution in [2.24, 2.45) is 5.73 Å². The second kappa shape index (κ2) is 3.85. The molecule has 2 aromatic rings. The SMILES string of the molecule is NC(=O)Nc1ccc2c(c1)[C@H](O)c1ccccc1-2. The highest BCUT2D eigenvalue weighted by Gasteiger charge is 2.26. The van der Waals surface area contributed by atoms with Gasteiger partial charge in [-0.1, -0.05) is 30.3 Å². The zero-order valence-corrected chi connectivity index (χ0v) is 9.55. The van der Waals surface area contributed by atoms with E-state index in [0.29, 0.717) is 5.69 Å². The number of benzene rings is 2. The first-order chi connectivity index (χ1) is 8.66. The summed E-state index contributed by atoms with van der Waals surface area (Å²) in [5, 5.41) is 12.8. The van der Waals surface area contributed by atoms with Crippen LogP contribution in [-0.2, 0) is 0 Å². The Bertz CT molecular complexity index is 637. The third-order valence-electron chi connectivity index (χ3n) is 3.16. The Labute approximate surface area is 104 Å². The van der Waals surface area contributed by atoms with Crippen molar-refractivity contribution < 1.29 is 9.90 Å². The number of carbonyl (C=O) groups is 1. The van der Waals surface area contributed by atoms with E-state index in [1.165, 1.54) is 0 Å². The number of carbonyl (C=O) groups excluding carboxylic acids is 1. The van der Waals surface area contributed by atoms with Crippen LogP contribution in [0.25, 0.3) is 11.1 Å². The average molecular weight is 240 g/mol. The van der Waals surface area contributed by atoms with E-state index >= 15 is 0 Å². The average Bonchev–Trinajstić information content (AvgIpc) is 2.63. The molecule has 0 aromatic heterocycles. The van der Waals surface area contributed by atoms with Crippen LogP contribution in [0.1, 0.15) is 17.2 Å². The van der Waals surface area contributed by atoms with Crippen molar-refractivity contribution in [1.82, 2.24) is 0 Å². The van der Waals surface area contributed by atoms with Crippen LogP contribution in [0, 0.1) is 0 Å². The number of urea groups is 1. The molecule has 2 amide bonds. The quantitative estimate of drug-likeness (QED) is 0.715. The molecule has 0 heterocycles. The lowest BCUT2D eigenvalue weighted by atomic mass is 10.1. The Hall–Kier alpha value is -2.33. The third kappa shape index (κ3) is 1.55. The summed E-state index contributed by atoms with van der Waals surface area (Å²) < 4.78 is 0. The predicted octanol–water partition coefficient (Wildman–Crippen LogP) is 2.24. The second-order valence-corrected chi connectivity index (χ2v) is 4.28. The molecule has 0 unspecified atom stereocenters. The maximum Gasteiger partial charge on any atom is 0.316 e. The van der Waals surface area contributed by atoms with Crippen LogP contribution in [0.4, 0.5) is 10.5 Å². The third-order valence-corrected chi connectivity index (χ3v) is 3.16. The van der Waals surface area contributed by atoms with Crippen LogP contribution in [0.15, 0.2) is 42.5 Å². The van der Waals surface area contributed by atoms with Crippen LogP contribution in [0.5, 0.6) is 0 Å². The number of amides is 2. The van der Waals surface area contributed by atoms with Crippen molar-refractivity contribution in [3.63, 3.8) is 0 Å². The Balaban J connectivity index is 2.10. The molecule has 2 aromatic carbocycles. The fraction of sp³-hybridized carbons (Fsp3) is 0.0714. The van der Waals surface area contributed by atoms with Crippen molar-refractivity contribution >= 4 is 11.7 Å². The molecule has 0 radical (unpaired) electrons. The molecule has 0 saturated carbocycles. The van der Waals surface area contributed by atoms with Crippen molar-refractivity contribution in [3.8, 4) is 11.1 Å². The number of fused-ring (bicyclic) bond motifs is 3. The zero-order chi connectivity index (χ0) is 12.7. The number of aliphatic hydroxyl groups excluding tert-OH is 1. The van der Waals surface area contributed by atoms with Crippen LogP contribution < -0.4 is 11.1 Å². The zero-order valence-electron chi connectivity index (χ0n) is 9.55. The first kappa shape index (κ1) is 10.8. The summed E-state index contributed by atoms with van der Waals surface area (Å²) >= 11 is 0. The number of aliphatic hydroxyl groups is 1. The van der Waals surface area contributed by atoms with E-state index < -0.39 is 12.1 Å². The first-order valence-corrected chi connectivity index (χ1v) is 5.64.